The van der Waals surface area contributed by atoms with Crippen molar-refractivity contribution in [1.29, 1.82) is 5.26 Å². The van der Waals surface area contributed by atoms with Gasteiger partial charge in [0.1, 0.15) is 17.6 Å². The Bertz CT molecular complexity index is 976. The number of hydrogen-bond acceptors (Lipinski definition) is 7. The van der Waals surface area contributed by atoms with E-state index in [2.05, 4.69) is 49.2 Å². The van der Waals surface area contributed by atoms with Gasteiger partial charge in [0.2, 0.25) is 0 Å². The second kappa shape index (κ2) is 8.76. The zero-order valence-electron chi connectivity index (χ0n) is 16.4. The lowest BCUT2D eigenvalue weighted by Gasteiger charge is -2.35. The highest BCUT2D eigenvalue weighted by Crippen LogP contribution is 2.31. The first-order chi connectivity index (χ1) is 14.2. The Labute approximate surface area is 170 Å². The molecule has 3 aromatic heterocycles. The molecule has 1 atom stereocenters. The molecule has 4 heterocycles. The molecule has 7 nitrogen and oxygen atoms in total. The van der Waals surface area contributed by atoms with Gasteiger partial charge in [0, 0.05) is 12.7 Å². The minimum Gasteiger partial charge on any atom is -0.338 e. The average Bonchev–Trinajstić information content (AvgIpc) is 2.77. The molecule has 1 aliphatic heterocycles. The maximum atomic E-state index is 8.84. The zero-order chi connectivity index (χ0) is 20.1. The summed E-state index contributed by atoms with van der Waals surface area (Å²) in [4.78, 5) is 20.3. The number of aryl methyl sites for hydroxylation is 1. The molecule has 0 aromatic carbocycles. The number of aromatic nitrogens is 4. The molecular weight excluding hydrogens is 362 g/mol. The second-order valence-electron chi connectivity index (χ2n) is 7.30. The normalized spacial score (nSPS) is 16.9. The van der Waals surface area contributed by atoms with E-state index < -0.39 is 0 Å². The van der Waals surface area contributed by atoms with Crippen molar-refractivity contribution in [1.82, 2.24) is 24.8 Å². The molecular formula is C22H23N7. The molecule has 0 saturated carbocycles. The molecule has 1 N–H and O–H groups in total. The van der Waals surface area contributed by atoms with Gasteiger partial charge in [-0.1, -0.05) is 12.5 Å². The number of nitrogens with one attached hydrogen (secondary N) is 1. The number of nitriles is 1. The van der Waals surface area contributed by atoms with Crippen molar-refractivity contribution >= 4 is 11.5 Å². The Hall–Kier alpha value is -3.37. The fraction of sp³-hybridized carbons (Fsp3) is 0.318. The summed E-state index contributed by atoms with van der Waals surface area (Å²) in [5.41, 5.74) is 4.41. The highest BCUT2D eigenvalue weighted by molar-refractivity contribution is 5.54. The van der Waals surface area contributed by atoms with Crippen molar-refractivity contribution in [2.24, 2.45) is 0 Å². The molecule has 4 rings (SSSR count). The highest BCUT2D eigenvalue weighted by atomic mass is 15.2. The summed E-state index contributed by atoms with van der Waals surface area (Å²) in [5.74, 6) is 0.655. The molecule has 29 heavy (non-hydrogen) atoms. The summed E-state index contributed by atoms with van der Waals surface area (Å²) in [6.07, 6.45) is 10.6. The van der Waals surface area contributed by atoms with Crippen LogP contribution in [0.5, 0.6) is 0 Å². The van der Waals surface area contributed by atoms with Gasteiger partial charge in [-0.25, -0.2) is 9.97 Å². The molecule has 0 amide bonds. The maximum Gasteiger partial charge on any atom is 0.148 e. The first kappa shape index (κ1) is 19.0. The number of pyridine rings is 2. The van der Waals surface area contributed by atoms with Crippen LogP contribution in [0, 0.1) is 18.3 Å². The summed E-state index contributed by atoms with van der Waals surface area (Å²) in [6, 6.07) is 9.95. The van der Waals surface area contributed by atoms with Crippen LogP contribution in [0.25, 0.3) is 0 Å². The lowest BCUT2D eigenvalue weighted by molar-refractivity contribution is 0.135. The third-order valence-electron chi connectivity index (χ3n) is 5.12. The van der Waals surface area contributed by atoms with Gasteiger partial charge in [0.05, 0.1) is 41.7 Å². The van der Waals surface area contributed by atoms with E-state index in [1.807, 2.05) is 18.5 Å². The molecule has 7 heteroatoms. The molecule has 1 fully saturated rings. The van der Waals surface area contributed by atoms with E-state index in [-0.39, 0.29) is 6.04 Å². The molecule has 0 aliphatic carbocycles. The van der Waals surface area contributed by atoms with E-state index in [0.29, 0.717) is 11.5 Å². The Balaban J connectivity index is 1.45. The predicted molar refractivity (Wildman–Crippen MR) is 110 cm³/mol. The average molecular weight is 385 g/mol. The van der Waals surface area contributed by atoms with Crippen molar-refractivity contribution in [3.05, 3.63) is 71.7 Å². The Kier molecular flexibility index (Phi) is 5.73. The van der Waals surface area contributed by atoms with Crippen LogP contribution in [-0.2, 0) is 6.54 Å². The van der Waals surface area contributed by atoms with Crippen molar-refractivity contribution in [3.63, 3.8) is 0 Å². The SMILES string of the molecule is Cc1ccc(CN2CCCC[C@@H]2c2cnc(Nc3ccc(C#N)nc3)cn2)nc1. The molecule has 0 unspecified atom stereocenters. The first-order valence-corrected chi connectivity index (χ1v) is 9.82. The lowest BCUT2D eigenvalue weighted by Crippen LogP contribution is -2.33. The van der Waals surface area contributed by atoms with E-state index in [1.165, 1.54) is 18.4 Å². The van der Waals surface area contributed by atoms with Crippen molar-refractivity contribution in [3.8, 4) is 6.07 Å². The quantitative estimate of drug-likeness (QED) is 0.712. The largest absolute Gasteiger partial charge is 0.338 e. The van der Waals surface area contributed by atoms with E-state index in [9.17, 15) is 0 Å². The standard InChI is InChI=1S/C22H23N7/c1-16-5-6-19(24-11-16)15-29-9-3-2-4-21(29)20-13-27-22(14-26-20)28-18-8-7-17(10-23)25-12-18/h5-8,11-14,21H,2-4,9,15H2,1H3,(H,27,28)/t21-/m1/s1. The van der Waals surface area contributed by atoms with Crippen LogP contribution in [-0.4, -0.2) is 31.4 Å². The molecule has 1 saturated heterocycles. The summed E-state index contributed by atoms with van der Waals surface area (Å²) in [7, 11) is 0. The Morgan fingerprint density at radius 3 is 2.66 bits per heavy atom. The smallest absolute Gasteiger partial charge is 0.148 e. The molecule has 3 aromatic rings. The predicted octanol–water partition coefficient (Wildman–Crippen LogP) is 3.92. The van der Waals surface area contributed by atoms with Crippen LogP contribution in [0.15, 0.2) is 49.1 Å². The molecule has 0 bridgehead atoms. The monoisotopic (exact) mass is 385 g/mol. The van der Waals surface area contributed by atoms with Gasteiger partial charge in [-0.2, -0.15) is 5.26 Å². The van der Waals surface area contributed by atoms with Gasteiger partial charge in [-0.05, 0) is 50.1 Å². The van der Waals surface area contributed by atoms with Gasteiger partial charge in [0.15, 0.2) is 0 Å². The zero-order valence-corrected chi connectivity index (χ0v) is 16.4. The van der Waals surface area contributed by atoms with Crippen LogP contribution < -0.4 is 5.32 Å². The number of nitrogens with zero attached hydrogens (tertiary/aromatic N) is 6. The van der Waals surface area contributed by atoms with Crippen molar-refractivity contribution in [2.75, 3.05) is 11.9 Å². The van der Waals surface area contributed by atoms with Gasteiger partial charge in [0.25, 0.3) is 0 Å². The molecule has 1 aliphatic rings. The number of rotatable bonds is 5. The van der Waals surface area contributed by atoms with E-state index in [4.69, 9.17) is 5.26 Å². The van der Waals surface area contributed by atoms with E-state index in [1.54, 1.807) is 24.5 Å². The van der Waals surface area contributed by atoms with Gasteiger partial charge in [-0.15, -0.1) is 0 Å². The minimum atomic E-state index is 0.255. The van der Waals surface area contributed by atoms with Crippen LogP contribution in [0.2, 0.25) is 0 Å². The third kappa shape index (κ3) is 4.73. The number of anilines is 2. The van der Waals surface area contributed by atoms with E-state index in [0.717, 1.165) is 36.6 Å². The summed E-state index contributed by atoms with van der Waals surface area (Å²) >= 11 is 0. The maximum absolute atomic E-state index is 8.84. The van der Waals surface area contributed by atoms with Crippen molar-refractivity contribution < 1.29 is 0 Å². The number of likely N-dealkylation sites (tertiary alicyclic amines) is 1. The van der Waals surface area contributed by atoms with Gasteiger partial charge in [-0.3, -0.25) is 14.9 Å². The Morgan fingerprint density at radius 2 is 1.97 bits per heavy atom. The van der Waals surface area contributed by atoms with Crippen LogP contribution in [0.4, 0.5) is 11.5 Å². The number of hydrogen-bond donors (Lipinski definition) is 1. The third-order valence-corrected chi connectivity index (χ3v) is 5.12. The fourth-order valence-corrected chi connectivity index (χ4v) is 3.57. The van der Waals surface area contributed by atoms with Gasteiger partial charge >= 0.3 is 0 Å². The van der Waals surface area contributed by atoms with Crippen molar-refractivity contribution in [2.45, 2.75) is 38.8 Å². The van der Waals surface area contributed by atoms with Crippen LogP contribution in [0.1, 0.15) is 47.9 Å². The van der Waals surface area contributed by atoms with Gasteiger partial charge < -0.3 is 5.32 Å². The lowest BCUT2D eigenvalue weighted by atomic mass is 9.99. The fourth-order valence-electron chi connectivity index (χ4n) is 3.57. The van der Waals surface area contributed by atoms with E-state index >= 15 is 0 Å². The number of piperidine rings is 1. The summed E-state index contributed by atoms with van der Waals surface area (Å²) in [5, 5.41) is 12.0. The molecule has 0 spiro atoms. The summed E-state index contributed by atoms with van der Waals surface area (Å²) < 4.78 is 0. The van der Waals surface area contributed by atoms with Crippen LogP contribution in [0.3, 0.4) is 0 Å². The topological polar surface area (TPSA) is 90.6 Å². The first-order valence-electron chi connectivity index (χ1n) is 9.82. The second-order valence-corrected chi connectivity index (χ2v) is 7.30. The molecule has 146 valence electrons. The molecule has 0 radical (unpaired) electrons. The Morgan fingerprint density at radius 1 is 1.03 bits per heavy atom. The highest BCUT2D eigenvalue weighted by Gasteiger charge is 2.25. The summed E-state index contributed by atoms with van der Waals surface area (Å²) in [6.45, 7) is 3.92. The minimum absolute atomic E-state index is 0.255. The van der Waals surface area contributed by atoms with Crippen LogP contribution >= 0.6 is 0 Å².